The number of hydrogen-bond donors (Lipinski definition) is 1. The van der Waals surface area contributed by atoms with Gasteiger partial charge in [-0.1, -0.05) is 0 Å². The molecule has 1 amide bonds. The molecule has 0 radical (unpaired) electrons. The molecule has 1 atom stereocenters. The fourth-order valence-corrected chi connectivity index (χ4v) is 3.17. The zero-order valence-electron chi connectivity index (χ0n) is 11.8. The van der Waals surface area contributed by atoms with Crippen LogP contribution in [0.2, 0.25) is 0 Å². The predicted molar refractivity (Wildman–Crippen MR) is 74.3 cm³/mol. The number of amides is 1. The number of carbonyl (C=O) groups is 1. The number of nitrogens with one attached hydrogen (secondary N) is 1. The van der Waals surface area contributed by atoms with Gasteiger partial charge in [0.1, 0.15) is 12.1 Å². The van der Waals surface area contributed by atoms with Gasteiger partial charge in [0.05, 0.1) is 17.7 Å². The van der Waals surface area contributed by atoms with Gasteiger partial charge in [0, 0.05) is 32.8 Å². The van der Waals surface area contributed by atoms with Crippen LogP contribution in [0.1, 0.15) is 25.0 Å². The van der Waals surface area contributed by atoms with E-state index < -0.39 is 0 Å². The number of piperidine rings is 1. The normalized spacial score (nSPS) is 26.1. The minimum atomic E-state index is -0.218. The van der Waals surface area contributed by atoms with Crippen molar-refractivity contribution >= 4 is 11.7 Å². The van der Waals surface area contributed by atoms with E-state index in [4.69, 9.17) is 4.74 Å². The molecule has 2 aliphatic rings. The Kier molecular flexibility index (Phi) is 3.56. The summed E-state index contributed by atoms with van der Waals surface area (Å²) in [6.45, 7) is 2.92. The number of anilines is 1. The van der Waals surface area contributed by atoms with E-state index in [1.807, 2.05) is 6.07 Å². The largest absolute Gasteiger partial charge is 0.378 e. The van der Waals surface area contributed by atoms with E-state index in [1.54, 1.807) is 13.4 Å². The number of ether oxygens (including phenoxy) is 1. The van der Waals surface area contributed by atoms with Crippen LogP contribution in [0.4, 0.5) is 5.82 Å². The number of hydrogen-bond acceptors (Lipinski definition) is 5. The van der Waals surface area contributed by atoms with Gasteiger partial charge in [-0.2, -0.15) is 0 Å². The molecule has 108 valence electrons. The molecule has 2 fully saturated rings. The van der Waals surface area contributed by atoms with E-state index in [0.717, 1.165) is 50.4 Å². The number of rotatable bonds is 3. The Balaban J connectivity index is 1.76. The molecule has 2 aliphatic heterocycles. The van der Waals surface area contributed by atoms with E-state index in [0.29, 0.717) is 6.61 Å². The molecule has 0 aromatic carbocycles. The van der Waals surface area contributed by atoms with Gasteiger partial charge in [-0.05, 0) is 19.3 Å². The van der Waals surface area contributed by atoms with Crippen LogP contribution in [0.3, 0.4) is 0 Å². The highest BCUT2D eigenvalue weighted by atomic mass is 16.5. The second-order valence-corrected chi connectivity index (χ2v) is 5.61. The molecule has 6 nitrogen and oxygen atoms in total. The van der Waals surface area contributed by atoms with Crippen LogP contribution >= 0.6 is 0 Å². The standard InChI is InChI=1S/C14H20N4O2/c1-20-8-11-7-12(17-10-16-11)18-6-4-14(9-18)3-2-5-15-13(14)19/h7,10H,2-6,8-9H2,1H3,(H,15,19)/t14-/m0/s1. The lowest BCUT2D eigenvalue weighted by atomic mass is 9.79. The van der Waals surface area contributed by atoms with E-state index in [9.17, 15) is 4.79 Å². The van der Waals surface area contributed by atoms with Gasteiger partial charge in [-0.3, -0.25) is 4.79 Å². The lowest BCUT2D eigenvalue weighted by Crippen LogP contribution is -2.47. The van der Waals surface area contributed by atoms with Crippen LogP contribution in [0, 0.1) is 5.41 Å². The highest BCUT2D eigenvalue weighted by Gasteiger charge is 2.45. The third-order valence-corrected chi connectivity index (χ3v) is 4.28. The predicted octanol–water partition coefficient (Wildman–Crippen LogP) is 0.729. The molecule has 1 N–H and O–H groups in total. The van der Waals surface area contributed by atoms with Crippen molar-refractivity contribution in [1.82, 2.24) is 15.3 Å². The zero-order valence-corrected chi connectivity index (χ0v) is 11.8. The molecule has 3 rings (SSSR count). The van der Waals surface area contributed by atoms with Crippen LogP contribution < -0.4 is 10.2 Å². The maximum Gasteiger partial charge on any atom is 0.228 e. The Morgan fingerprint density at radius 3 is 3.15 bits per heavy atom. The molecule has 1 aromatic heterocycles. The first-order valence-electron chi connectivity index (χ1n) is 7.07. The number of nitrogens with zero attached hydrogens (tertiary/aromatic N) is 3. The lowest BCUT2D eigenvalue weighted by Gasteiger charge is -2.32. The summed E-state index contributed by atoms with van der Waals surface area (Å²) in [4.78, 5) is 22.9. The Bertz CT molecular complexity index is 508. The van der Waals surface area contributed by atoms with E-state index in [2.05, 4.69) is 20.2 Å². The Morgan fingerprint density at radius 2 is 2.35 bits per heavy atom. The summed E-state index contributed by atoms with van der Waals surface area (Å²) in [7, 11) is 1.65. The summed E-state index contributed by atoms with van der Waals surface area (Å²) in [6.07, 6.45) is 4.52. The van der Waals surface area contributed by atoms with Gasteiger partial charge in [-0.15, -0.1) is 0 Å². The third kappa shape index (κ3) is 2.35. The van der Waals surface area contributed by atoms with Gasteiger partial charge in [0.15, 0.2) is 0 Å². The summed E-state index contributed by atoms with van der Waals surface area (Å²) < 4.78 is 5.10. The van der Waals surface area contributed by atoms with Gasteiger partial charge in [0.25, 0.3) is 0 Å². The average molecular weight is 276 g/mol. The quantitative estimate of drug-likeness (QED) is 0.881. The van der Waals surface area contributed by atoms with Crippen LogP contribution in [0.25, 0.3) is 0 Å². The van der Waals surface area contributed by atoms with Crippen molar-refractivity contribution in [1.29, 1.82) is 0 Å². The van der Waals surface area contributed by atoms with E-state index in [1.165, 1.54) is 0 Å². The summed E-state index contributed by atoms with van der Waals surface area (Å²) in [6, 6.07) is 1.95. The van der Waals surface area contributed by atoms with Crippen LogP contribution in [-0.2, 0) is 16.1 Å². The first-order valence-corrected chi connectivity index (χ1v) is 7.07. The lowest BCUT2D eigenvalue weighted by molar-refractivity contribution is -0.132. The maximum absolute atomic E-state index is 12.2. The maximum atomic E-state index is 12.2. The first kappa shape index (κ1) is 13.3. The second-order valence-electron chi connectivity index (χ2n) is 5.61. The summed E-state index contributed by atoms with van der Waals surface area (Å²) in [5, 5.41) is 3.00. The second kappa shape index (κ2) is 5.36. The molecular weight excluding hydrogens is 256 g/mol. The molecular formula is C14H20N4O2. The topological polar surface area (TPSA) is 67.3 Å². The molecule has 6 heteroatoms. The summed E-state index contributed by atoms with van der Waals surface area (Å²) >= 11 is 0. The number of aromatic nitrogens is 2. The molecule has 2 saturated heterocycles. The highest BCUT2D eigenvalue weighted by molar-refractivity contribution is 5.84. The average Bonchev–Trinajstić information content (AvgIpc) is 2.89. The first-order chi connectivity index (χ1) is 9.73. The summed E-state index contributed by atoms with van der Waals surface area (Å²) in [5.74, 6) is 1.10. The molecule has 20 heavy (non-hydrogen) atoms. The third-order valence-electron chi connectivity index (χ3n) is 4.28. The van der Waals surface area contributed by atoms with Crippen LogP contribution in [0.5, 0.6) is 0 Å². The molecule has 3 heterocycles. The minimum Gasteiger partial charge on any atom is -0.378 e. The number of methoxy groups -OCH3 is 1. The van der Waals surface area contributed by atoms with Crippen LogP contribution in [-0.4, -0.2) is 42.6 Å². The van der Waals surface area contributed by atoms with E-state index >= 15 is 0 Å². The van der Waals surface area contributed by atoms with E-state index in [-0.39, 0.29) is 11.3 Å². The zero-order chi connectivity index (χ0) is 14.0. The van der Waals surface area contributed by atoms with Crippen molar-refractivity contribution in [3.05, 3.63) is 18.1 Å². The molecule has 0 unspecified atom stereocenters. The van der Waals surface area contributed by atoms with Crippen LogP contribution in [0.15, 0.2) is 12.4 Å². The molecule has 1 spiro atoms. The fraction of sp³-hybridized carbons (Fsp3) is 0.643. The number of carbonyl (C=O) groups excluding carboxylic acids is 1. The fourth-order valence-electron chi connectivity index (χ4n) is 3.17. The Hall–Kier alpha value is -1.69. The van der Waals surface area contributed by atoms with Gasteiger partial charge < -0.3 is 15.0 Å². The SMILES string of the molecule is COCc1cc(N2CC[C@@]3(CCCNC3=O)C2)ncn1. The monoisotopic (exact) mass is 276 g/mol. The molecule has 1 aromatic rings. The van der Waals surface area contributed by atoms with Crippen molar-refractivity contribution in [2.24, 2.45) is 5.41 Å². The van der Waals surface area contributed by atoms with Gasteiger partial charge in [-0.25, -0.2) is 9.97 Å². The summed E-state index contributed by atoms with van der Waals surface area (Å²) in [5.41, 5.74) is 0.650. The molecule has 0 aliphatic carbocycles. The minimum absolute atomic E-state index is 0.206. The van der Waals surface area contributed by atoms with Crippen molar-refractivity contribution in [3.63, 3.8) is 0 Å². The Morgan fingerprint density at radius 1 is 1.45 bits per heavy atom. The van der Waals surface area contributed by atoms with Crippen molar-refractivity contribution in [2.45, 2.75) is 25.9 Å². The molecule has 0 bridgehead atoms. The smallest absolute Gasteiger partial charge is 0.228 e. The highest BCUT2D eigenvalue weighted by Crippen LogP contribution is 2.38. The van der Waals surface area contributed by atoms with Crippen molar-refractivity contribution in [2.75, 3.05) is 31.6 Å². The van der Waals surface area contributed by atoms with Crippen molar-refractivity contribution < 1.29 is 9.53 Å². The van der Waals surface area contributed by atoms with Gasteiger partial charge >= 0.3 is 0 Å². The molecule has 0 saturated carbocycles. The van der Waals surface area contributed by atoms with Gasteiger partial charge in [0.2, 0.25) is 5.91 Å². The Labute approximate surface area is 118 Å². The van der Waals surface area contributed by atoms with Crippen molar-refractivity contribution in [3.8, 4) is 0 Å².